The van der Waals surface area contributed by atoms with Gasteiger partial charge < -0.3 is 0 Å². The first kappa shape index (κ1) is 177. The SMILES string of the molecule is C1#CCC=C1.C1#CCC=C1.C1=CCC=C1.C1=CCC=C1.C1=CCC=C1.C1=CCC=C1.C1=CCC=C1.C1=CCC=C1.C1=CCC=C1.C1=CCC=C1.C1=CCC=C1.C1=CCC=C1.C1=CCC=C1.C1=CCC=C1.CC.CC.CC.CC.CC.CC.CC.CC.CC.CC.CC.CC.CC.CC.CC.CC.CC.CC.CC.CC.CC.CC.CC.CC. The minimum atomic E-state index is 0.958. The van der Waals surface area contributed by atoms with Gasteiger partial charge in [-0.15, -0.1) is 0 Å². The summed E-state index contributed by atoms with van der Waals surface area (Å²) < 4.78 is 0. The average Bonchev–Trinajstić information content (AvgIpc) is 4.93. The van der Waals surface area contributed by atoms with E-state index in [4.69, 9.17) is 0 Å². The van der Waals surface area contributed by atoms with Gasteiger partial charge >= 0.3 is 0 Å². The van der Waals surface area contributed by atoms with E-state index < -0.39 is 0 Å². The lowest BCUT2D eigenvalue weighted by molar-refractivity contribution is 1.45. The molecule has 14 aliphatic rings. The Hall–Kier alpha value is -7.64. The molecular formula is C118H224. The molecule has 0 aromatic rings. The molecule has 14 rings (SSSR count). The number of allylic oxidation sites excluding steroid dienone is 52. The molecule has 0 N–H and O–H groups in total. The van der Waals surface area contributed by atoms with Gasteiger partial charge in [-0.1, -0.05) is 660 Å². The van der Waals surface area contributed by atoms with Gasteiger partial charge in [-0.05, 0) is 89.2 Å². The minimum Gasteiger partial charge on any atom is -0.0943 e. The molecule has 0 nitrogen and oxygen atoms in total. The lowest BCUT2D eigenvalue weighted by Gasteiger charge is -1.57. The highest BCUT2D eigenvalue weighted by molar-refractivity contribution is 5.25. The first-order valence-corrected chi connectivity index (χ1v) is 49.1. The Balaban J connectivity index is -0.0000000353. The Labute approximate surface area is 757 Å². The third-order valence-corrected chi connectivity index (χ3v) is 8.91. The molecule has 0 heterocycles. The van der Waals surface area contributed by atoms with E-state index in [1.165, 1.54) is 0 Å². The summed E-state index contributed by atoms with van der Waals surface area (Å²) in [7, 11) is 0. The highest BCUT2D eigenvalue weighted by Crippen LogP contribution is 1.99. The van der Waals surface area contributed by atoms with Crippen LogP contribution in [-0.4, -0.2) is 0 Å². The zero-order valence-electron chi connectivity index (χ0n) is 89.9. The van der Waals surface area contributed by atoms with Gasteiger partial charge in [0.15, 0.2) is 0 Å². The van der Waals surface area contributed by atoms with E-state index in [9.17, 15) is 0 Å². The van der Waals surface area contributed by atoms with E-state index in [1.54, 1.807) is 0 Å². The highest BCUT2D eigenvalue weighted by atomic mass is 13.9. The van der Waals surface area contributed by atoms with Crippen LogP contribution in [0.2, 0.25) is 0 Å². The molecule has 0 atom stereocenters. The summed E-state index contributed by atoms with van der Waals surface area (Å²) >= 11 is 0. The molecule has 0 spiro atoms. The zero-order valence-corrected chi connectivity index (χ0v) is 89.9. The maximum absolute atomic E-state index is 2.86. The Bertz CT molecular complexity index is 1620. The van der Waals surface area contributed by atoms with Crippen LogP contribution in [-0.2, 0) is 0 Å². The second kappa shape index (κ2) is 330. The molecule has 0 saturated carbocycles. The highest BCUT2D eigenvalue weighted by Gasteiger charge is 1.78. The summed E-state index contributed by atoms with van der Waals surface area (Å²) in [6.45, 7) is 96.0. The molecule has 118 heavy (non-hydrogen) atoms. The normalized spacial score (nSPS) is 11.4. The molecule has 14 aliphatic carbocycles. The van der Waals surface area contributed by atoms with E-state index in [0.29, 0.717) is 0 Å². The number of hydrogen-bond acceptors (Lipinski definition) is 0. The molecule has 0 amide bonds. The van der Waals surface area contributed by atoms with Crippen molar-refractivity contribution < 1.29 is 0 Å². The topological polar surface area (TPSA) is 0 Å². The van der Waals surface area contributed by atoms with Gasteiger partial charge in [0.2, 0.25) is 0 Å². The second-order valence-corrected chi connectivity index (χ2v) is 15.0. The third kappa shape index (κ3) is 321. The Kier molecular flexibility index (Phi) is 495. The molecule has 0 unspecified atom stereocenters. The van der Waals surface area contributed by atoms with Crippen LogP contribution < -0.4 is 0 Å². The first-order chi connectivity index (χ1) is 59.0. The molecule has 0 aromatic heterocycles. The number of hydrogen-bond donors (Lipinski definition) is 0. The quantitative estimate of drug-likeness (QED) is 0.212. The molecule has 0 heteroatoms. The van der Waals surface area contributed by atoms with Gasteiger partial charge in [-0.2, -0.15) is 0 Å². The van der Waals surface area contributed by atoms with E-state index in [2.05, 4.69) is 315 Å². The van der Waals surface area contributed by atoms with Crippen molar-refractivity contribution in [3.05, 3.63) is 316 Å². The van der Waals surface area contributed by atoms with Crippen LogP contribution in [0.1, 0.15) is 422 Å². The van der Waals surface area contributed by atoms with Crippen molar-refractivity contribution in [2.24, 2.45) is 0 Å². The van der Waals surface area contributed by atoms with Gasteiger partial charge in [-0.25, -0.2) is 0 Å². The Morgan fingerprint density at radius 3 is 0.186 bits per heavy atom. The fourth-order valence-corrected chi connectivity index (χ4v) is 5.30. The van der Waals surface area contributed by atoms with Crippen molar-refractivity contribution in [2.45, 2.75) is 422 Å². The lowest BCUT2D eigenvalue weighted by Crippen LogP contribution is -1.39. The smallest absolute Gasteiger partial charge is 0.0282 e. The van der Waals surface area contributed by atoms with Crippen LogP contribution in [0.5, 0.6) is 0 Å². The molecule has 0 fully saturated rings. The van der Waals surface area contributed by atoms with Crippen molar-refractivity contribution in [3.63, 3.8) is 0 Å². The summed E-state index contributed by atoms with van der Waals surface area (Å²) in [5.74, 6) is 11.3. The zero-order chi connectivity index (χ0) is 97.5. The maximum atomic E-state index is 2.86. The predicted molar refractivity (Wildman–Crippen MR) is 590 cm³/mol. The average molecular weight is 1640 g/mol. The predicted octanol–water partition coefficient (Wildman–Crippen LogP) is 44.6. The molecule has 0 radical (unpaired) electrons. The summed E-state index contributed by atoms with van der Waals surface area (Å²) in [4.78, 5) is 0. The fourth-order valence-electron chi connectivity index (χ4n) is 5.30. The third-order valence-electron chi connectivity index (χ3n) is 8.91. The van der Waals surface area contributed by atoms with E-state index in [0.717, 1.165) is 89.9 Å². The van der Waals surface area contributed by atoms with Gasteiger partial charge in [0.05, 0.1) is 0 Å². The van der Waals surface area contributed by atoms with Crippen LogP contribution in [0.3, 0.4) is 0 Å². The lowest BCUT2D eigenvalue weighted by atomic mass is 10.5. The minimum absolute atomic E-state index is 0.958. The second-order valence-electron chi connectivity index (χ2n) is 15.0. The van der Waals surface area contributed by atoms with Gasteiger partial charge in [0, 0.05) is 12.8 Å². The number of rotatable bonds is 0. The van der Waals surface area contributed by atoms with Crippen LogP contribution in [0.25, 0.3) is 0 Å². The van der Waals surface area contributed by atoms with Crippen LogP contribution in [0.4, 0.5) is 0 Å². The molecule has 0 saturated heterocycles. The first-order valence-electron chi connectivity index (χ1n) is 49.1. The van der Waals surface area contributed by atoms with Crippen molar-refractivity contribution in [1.29, 1.82) is 0 Å². The molecule has 696 valence electrons. The van der Waals surface area contributed by atoms with Gasteiger partial charge in [0.1, 0.15) is 0 Å². The molecule has 0 aromatic carbocycles. The van der Waals surface area contributed by atoms with Crippen molar-refractivity contribution in [2.75, 3.05) is 0 Å². The van der Waals surface area contributed by atoms with Crippen LogP contribution in [0.15, 0.2) is 316 Å². The van der Waals surface area contributed by atoms with Crippen molar-refractivity contribution >= 4 is 0 Å². The van der Waals surface area contributed by atoms with Crippen molar-refractivity contribution in [3.8, 4) is 23.7 Å². The summed E-state index contributed by atoms with van der Waals surface area (Å²) in [5, 5.41) is 0. The fraction of sp³-hybridized carbons (Fsp3) is 0.525. The van der Waals surface area contributed by atoms with E-state index >= 15 is 0 Å². The summed E-state index contributed by atoms with van der Waals surface area (Å²) in [6, 6.07) is 0. The monoisotopic (exact) mass is 1640 g/mol. The van der Waals surface area contributed by atoms with Crippen LogP contribution in [0, 0.1) is 23.7 Å². The molecular weight excluding hydrogens is 1420 g/mol. The van der Waals surface area contributed by atoms with Crippen LogP contribution >= 0.6 is 0 Å². The summed E-state index contributed by atoms with van der Waals surface area (Å²) in [6.07, 6.45) is 124. The van der Waals surface area contributed by atoms with Crippen molar-refractivity contribution in [1.82, 2.24) is 0 Å². The molecule has 0 aliphatic heterocycles. The van der Waals surface area contributed by atoms with E-state index in [-0.39, 0.29) is 0 Å². The largest absolute Gasteiger partial charge is 0.0943 e. The summed E-state index contributed by atoms with van der Waals surface area (Å²) in [5.41, 5.74) is 0. The Morgan fingerprint density at radius 2 is 0.169 bits per heavy atom. The maximum Gasteiger partial charge on any atom is 0.0282 e. The van der Waals surface area contributed by atoms with Gasteiger partial charge in [0.25, 0.3) is 0 Å². The molecule has 0 bridgehead atoms. The Morgan fingerprint density at radius 1 is 0.102 bits per heavy atom. The van der Waals surface area contributed by atoms with E-state index in [1.807, 2.05) is 357 Å². The standard InChI is InChI=1S/12C5H6.2C5H4.24C2H6/c14*1-2-4-5-3-1;24*1-2/h12*1-4H,5H2;2*1-2H,3H2;24*1-2H3. The van der Waals surface area contributed by atoms with Gasteiger partial charge in [-0.3, -0.25) is 0 Å².